The molecule has 0 aromatic carbocycles. The summed E-state index contributed by atoms with van der Waals surface area (Å²) in [5.41, 5.74) is 0. The Morgan fingerprint density at radius 3 is 2.30 bits per heavy atom. The summed E-state index contributed by atoms with van der Waals surface area (Å²) in [6.07, 6.45) is -5.44. The molecule has 1 atom stereocenters. The minimum atomic E-state index is -4.30. The van der Waals surface area contributed by atoms with E-state index in [1.807, 2.05) is 0 Å². The van der Waals surface area contributed by atoms with Gasteiger partial charge in [0.1, 0.15) is 0 Å². The first-order valence-corrected chi connectivity index (χ1v) is 3.39. The van der Waals surface area contributed by atoms with E-state index in [1.165, 1.54) is 0 Å². The van der Waals surface area contributed by atoms with Gasteiger partial charge in [0.25, 0.3) is 0 Å². The van der Waals surface area contributed by atoms with Gasteiger partial charge in [-0.2, -0.15) is 13.2 Å². The molecule has 7 heteroatoms. The van der Waals surface area contributed by atoms with Crippen LogP contribution in [0.5, 0.6) is 0 Å². The van der Waals surface area contributed by atoms with E-state index in [-0.39, 0.29) is 0 Å². The molecule has 0 rings (SSSR count). The van der Waals surface area contributed by atoms with Crippen LogP contribution in [-0.4, -0.2) is 21.5 Å². The molecule has 0 radical (unpaired) electrons. The number of nitrogens with one attached hydrogen (secondary N) is 1. The van der Waals surface area contributed by atoms with Crippen molar-refractivity contribution in [2.24, 2.45) is 0 Å². The van der Waals surface area contributed by atoms with Crippen molar-refractivity contribution in [2.75, 3.05) is 6.54 Å². The van der Waals surface area contributed by atoms with Crippen LogP contribution in [0.1, 0.15) is 6.42 Å². The molecule has 0 spiro atoms. The third kappa shape index (κ3) is 7.86. The lowest BCUT2D eigenvalue weighted by molar-refractivity contribution is -0.132. The molecular weight excluding hydrogens is 171 g/mol. The molecule has 3 nitrogen and oxygen atoms in total. The van der Waals surface area contributed by atoms with Crippen LogP contribution in [0.15, 0.2) is 0 Å². The summed E-state index contributed by atoms with van der Waals surface area (Å²) < 4.78 is 54.6. The highest BCUT2D eigenvalue weighted by atomic mass is 32.2. The molecule has 0 aliphatic rings. The second kappa shape index (κ2) is 3.89. The number of halogens is 3. The molecule has 0 amide bonds. The van der Waals surface area contributed by atoms with Crippen LogP contribution in [0.2, 0.25) is 0 Å². The number of alkyl halides is 3. The fraction of sp³-hybridized carbons (Fsp3) is 1.00. The van der Waals surface area contributed by atoms with E-state index in [9.17, 15) is 21.9 Å². The van der Waals surface area contributed by atoms with Crippen molar-refractivity contribution in [1.82, 2.24) is 4.72 Å². The zero-order chi connectivity index (χ0) is 8.20. The summed E-state index contributed by atoms with van der Waals surface area (Å²) in [6.45, 7) is -0.598. The summed E-state index contributed by atoms with van der Waals surface area (Å²) in [5.74, 6) is 0. The van der Waals surface area contributed by atoms with Crippen molar-refractivity contribution < 1.29 is 21.9 Å². The van der Waals surface area contributed by atoms with Gasteiger partial charge in [-0.1, -0.05) is 0 Å². The van der Waals surface area contributed by atoms with Crippen molar-refractivity contribution in [2.45, 2.75) is 12.6 Å². The average Bonchev–Trinajstić information content (AvgIpc) is 1.59. The van der Waals surface area contributed by atoms with Crippen molar-refractivity contribution in [3.8, 4) is 0 Å². The minimum Gasteiger partial charge on any atom is -0.760 e. The highest BCUT2D eigenvalue weighted by molar-refractivity contribution is 7.77. The lowest BCUT2D eigenvalue weighted by atomic mass is 10.4. The summed E-state index contributed by atoms with van der Waals surface area (Å²) in [6, 6.07) is 0. The topological polar surface area (TPSA) is 52.2 Å². The molecule has 0 aliphatic heterocycles. The van der Waals surface area contributed by atoms with Gasteiger partial charge in [0.05, 0.1) is 6.42 Å². The van der Waals surface area contributed by atoms with Crippen LogP contribution < -0.4 is 4.72 Å². The maximum atomic E-state index is 11.3. The first-order chi connectivity index (χ1) is 4.42. The summed E-state index contributed by atoms with van der Waals surface area (Å²) >= 11 is -2.60. The Bertz CT molecular complexity index is 125. The van der Waals surface area contributed by atoms with Gasteiger partial charge in [-0.05, 0) is 0 Å². The van der Waals surface area contributed by atoms with E-state index in [1.54, 1.807) is 4.72 Å². The number of hydrogen-bond donors (Lipinski definition) is 1. The lowest BCUT2D eigenvalue weighted by Crippen LogP contribution is -2.23. The maximum absolute atomic E-state index is 11.3. The second-order valence-electron chi connectivity index (χ2n) is 1.49. The van der Waals surface area contributed by atoms with E-state index in [0.29, 0.717) is 0 Å². The fourth-order valence-corrected chi connectivity index (χ4v) is 0.545. The van der Waals surface area contributed by atoms with Crippen molar-refractivity contribution in [3.05, 3.63) is 0 Å². The summed E-state index contributed by atoms with van der Waals surface area (Å²) in [5, 5.41) is 0. The van der Waals surface area contributed by atoms with Crippen molar-refractivity contribution >= 4 is 11.3 Å². The molecular formula is C3H5F3NO2S-. The molecule has 0 saturated carbocycles. The first kappa shape index (κ1) is 9.86. The first-order valence-electron chi connectivity index (χ1n) is 2.31. The van der Waals surface area contributed by atoms with Crippen molar-refractivity contribution in [3.63, 3.8) is 0 Å². The zero-order valence-electron chi connectivity index (χ0n) is 4.77. The van der Waals surface area contributed by atoms with E-state index in [0.717, 1.165) is 0 Å². The molecule has 10 heavy (non-hydrogen) atoms. The van der Waals surface area contributed by atoms with Crippen LogP contribution in [0.3, 0.4) is 0 Å². The second-order valence-corrected chi connectivity index (χ2v) is 2.25. The Balaban J connectivity index is 3.29. The van der Waals surface area contributed by atoms with Gasteiger partial charge in [0.2, 0.25) is 0 Å². The Kier molecular flexibility index (Phi) is 3.84. The molecule has 0 fully saturated rings. The highest BCUT2D eigenvalue weighted by Gasteiger charge is 2.25. The smallest absolute Gasteiger partial charge is 0.390 e. The molecule has 0 aromatic rings. The lowest BCUT2D eigenvalue weighted by Gasteiger charge is -2.08. The molecule has 0 heterocycles. The van der Waals surface area contributed by atoms with Gasteiger partial charge in [0, 0.05) is 17.8 Å². The van der Waals surface area contributed by atoms with E-state index < -0.39 is 30.4 Å². The average molecular weight is 176 g/mol. The summed E-state index contributed by atoms with van der Waals surface area (Å²) in [7, 11) is 0. The van der Waals surface area contributed by atoms with Crippen LogP contribution in [0, 0.1) is 0 Å². The van der Waals surface area contributed by atoms with E-state index in [4.69, 9.17) is 0 Å². The Morgan fingerprint density at radius 1 is 1.50 bits per heavy atom. The molecule has 62 valence electrons. The van der Waals surface area contributed by atoms with Gasteiger partial charge >= 0.3 is 6.18 Å². The van der Waals surface area contributed by atoms with Crippen molar-refractivity contribution in [1.29, 1.82) is 0 Å². The zero-order valence-corrected chi connectivity index (χ0v) is 5.59. The molecule has 1 unspecified atom stereocenters. The minimum absolute atomic E-state index is 0.598. The normalized spacial score (nSPS) is 15.2. The molecule has 0 aliphatic carbocycles. The quantitative estimate of drug-likeness (QED) is 0.629. The highest BCUT2D eigenvalue weighted by Crippen LogP contribution is 2.17. The largest absolute Gasteiger partial charge is 0.760 e. The van der Waals surface area contributed by atoms with Gasteiger partial charge in [-0.3, -0.25) is 4.21 Å². The van der Waals surface area contributed by atoms with Crippen LogP contribution in [-0.2, 0) is 11.3 Å². The number of rotatable bonds is 3. The predicted octanol–water partition coefficient (Wildman–Crippen LogP) is 0.323. The van der Waals surface area contributed by atoms with Gasteiger partial charge in [-0.25, -0.2) is 4.72 Å². The van der Waals surface area contributed by atoms with Crippen LogP contribution in [0.4, 0.5) is 13.2 Å². The summed E-state index contributed by atoms with van der Waals surface area (Å²) in [4.78, 5) is 0. The SMILES string of the molecule is O=S([O-])NCCC(F)(F)F. The molecule has 1 N–H and O–H groups in total. The third-order valence-corrected chi connectivity index (χ3v) is 1.07. The fourth-order valence-electron chi connectivity index (χ4n) is 0.276. The van der Waals surface area contributed by atoms with E-state index in [2.05, 4.69) is 0 Å². The molecule has 0 bridgehead atoms. The maximum Gasteiger partial charge on any atom is 0.390 e. The molecule has 0 saturated heterocycles. The van der Waals surface area contributed by atoms with Crippen LogP contribution in [0.25, 0.3) is 0 Å². The molecule has 0 aromatic heterocycles. The van der Waals surface area contributed by atoms with Gasteiger partial charge in [-0.15, -0.1) is 0 Å². The van der Waals surface area contributed by atoms with Gasteiger partial charge < -0.3 is 4.55 Å². The predicted molar refractivity (Wildman–Crippen MR) is 27.6 cm³/mol. The Morgan fingerprint density at radius 2 is 2.00 bits per heavy atom. The Labute approximate surface area is 58.0 Å². The Hall–Kier alpha value is -0.140. The van der Waals surface area contributed by atoms with E-state index >= 15 is 0 Å². The number of hydrogen-bond acceptors (Lipinski definition) is 2. The standard InChI is InChI=1S/C3H6F3NO2S/c4-3(5,6)1-2-7-10(8)9/h7H,1-2H2,(H,8,9)/p-1. The van der Waals surface area contributed by atoms with Crippen LogP contribution >= 0.6 is 0 Å². The van der Waals surface area contributed by atoms with Gasteiger partial charge in [0.15, 0.2) is 0 Å². The third-order valence-electron chi connectivity index (χ3n) is 0.628. The monoisotopic (exact) mass is 176 g/mol.